The zero-order chi connectivity index (χ0) is 57.2. The topological polar surface area (TPSA) is 246 Å². The van der Waals surface area contributed by atoms with Gasteiger partial charge in [-0.1, -0.05) is 43.0 Å². The van der Waals surface area contributed by atoms with Crippen LogP contribution in [0.1, 0.15) is 60.3 Å². The summed E-state index contributed by atoms with van der Waals surface area (Å²) < 4.78 is 90.9. The molecule has 0 bridgehead atoms. The number of sulfonamides is 1. The summed E-state index contributed by atoms with van der Waals surface area (Å²) in [5.74, 6) is 4.85. The molecule has 0 saturated carbocycles. The zero-order valence-corrected chi connectivity index (χ0v) is 49.2. The highest BCUT2D eigenvalue weighted by atomic mass is 32.2. The fraction of sp³-hybridized carbons (Fsp3) is 0.564. The van der Waals surface area contributed by atoms with E-state index >= 15 is 0 Å². The highest BCUT2D eigenvalue weighted by molar-refractivity contribution is 7.88. The molecule has 2 saturated heterocycles. The Morgan fingerprint density at radius 2 is 1.19 bits per heavy atom. The first-order valence-corrected chi connectivity index (χ1v) is 29.5. The fourth-order valence-electron chi connectivity index (χ4n) is 9.18. The first-order chi connectivity index (χ1) is 37.0. The predicted molar refractivity (Wildman–Crippen MR) is 305 cm³/mol. The maximum atomic E-state index is 11.9. The first-order valence-electron chi connectivity index (χ1n) is 26.2. The summed E-state index contributed by atoms with van der Waals surface area (Å²) in [6.45, 7) is 16.4. The van der Waals surface area contributed by atoms with E-state index in [4.69, 9.17) is 38.9 Å². The van der Waals surface area contributed by atoms with E-state index in [-0.39, 0.29) is 0 Å². The molecule has 5 heterocycles. The minimum absolute atomic E-state index is 0.302. The Kier molecular flexibility index (Phi) is 23.6. The van der Waals surface area contributed by atoms with Gasteiger partial charge in [-0.05, 0) is 80.2 Å². The number of nitrogens with one attached hydrogen (secondary N) is 1. The van der Waals surface area contributed by atoms with Crippen LogP contribution in [0, 0.1) is 23.7 Å². The highest BCUT2D eigenvalue weighted by Gasteiger charge is 2.28. The van der Waals surface area contributed by atoms with Crippen LogP contribution >= 0.6 is 0 Å². The van der Waals surface area contributed by atoms with Gasteiger partial charge in [-0.2, -0.15) is 0 Å². The largest absolute Gasteiger partial charge is 0.594 e. The third-order valence-corrected chi connectivity index (χ3v) is 15.5. The Hall–Kier alpha value is -5.98. The molecule has 3 N–H and O–H groups in total. The Morgan fingerprint density at radius 1 is 0.744 bits per heavy atom. The summed E-state index contributed by atoms with van der Waals surface area (Å²) >= 11 is 0. The molecule has 2 unspecified atom stereocenters. The lowest BCUT2D eigenvalue weighted by Crippen LogP contribution is -2.43. The number of ether oxygens (including phenoxy) is 7. The first kappa shape index (κ1) is 62.9. The van der Waals surface area contributed by atoms with Gasteiger partial charge in [-0.3, -0.25) is 9.97 Å². The van der Waals surface area contributed by atoms with Crippen molar-refractivity contribution < 1.29 is 59.1 Å². The monoisotopic (exact) mass is 1130 g/mol. The van der Waals surface area contributed by atoms with Gasteiger partial charge in [0.25, 0.3) is 0 Å². The number of fused-ring (bicyclic) bond motifs is 2. The number of hydrogen-bond donors (Lipinski definition) is 2. The molecule has 78 heavy (non-hydrogen) atoms. The van der Waals surface area contributed by atoms with E-state index in [2.05, 4.69) is 48.8 Å². The summed E-state index contributed by atoms with van der Waals surface area (Å²) in [6, 6.07) is 15.2. The summed E-state index contributed by atoms with van der Waals surface area (Å²) in [4.78, 5) is 15.7. The van der Waals surface area contributed by atoms with E-state index in [9.17, 15) is 21.9 Å². The van der Waals surface area contributed by atoms with Crippen LogP contribution in [0.25, 0.3) is 21.8 Å². The summed E-state index contributed by atoms with van der Waals surface area (Å²) in [5.41, 5.74) is 10.0. The van der Waals surface area contributed by atoms with Gasteiger partial charge in [0.15, 0.2) is 41.5 Å². The molecule has 0 spiro atoms. The highest BCUT2D eigenvalue weighted by Crippen LogP contribution is 2.39. The van der Waals surface area contributed by atoms with Crippen LogP contribution in [0.3, 0.4) is 0 Å². The van der Waals surface area contributed by atoms with Gasteiger partial charge in [-0.15, -0.1) is 8.42 Å². The molecule has 2 fully saturated rings. The second kappa shape index (κ2) is 29.3. The average Bonchev–Trinajstić information content (AvgIpc) is 3.46. The van der Waals surface area contributed by atoms with Crippen molar-refractivity contribution in [2.24, 2.45) is 33.8 Å². The van der Waals surface area contributed by atoms with Crippen molar-refractivity contribution in [3.8, 4) is 23.0 Å². The molecular formula is C55H83N9O12S2. The number of methoxy groups -OCH3 is 4. The number of anilines is 3. The van der Waals surface area contributed by atoms with Gasteiger partial charge >= 0.3 is 10.2 Å². The van der Waals surface area contributed by atoms with Gasteiger partial charge in [0.2, 0.25) is 10.0 Å². The Labute approximate surface area is 462 Å². The van der Waals surface area contributed by atoms with Crippen LogP contribution in [-0.4, -0.2) is 153 Å². The van der Waals surface area contributed by atoms with Gasteiger partial charge in [0.1, 0.15) is 13.2 Å². The van der Waals surface area contributed by atoms with E-state index in [0.717, 1.165) is 88.5 Å². The molecule has 2 aliphatic rings. The minimum atomic E-state index is -4.13. The second-order valence-electron chi connectivity index (χ2n) is 20.7. The molecule has 5 aromatic rings. The van der Waals surface area contributed by atoms with Crippen LogP contribution in [-0.2, 0) is 34.4 Å². The Morgan fingerprint density at radius 3 is 1.58 bits per heavy atom. The maximum Gasteiger partial charge on any atom is 0.493 e. The Balaban J connectivity index is 0.000000221. The smallest absolute Gasteiger partial charge is 0.493 e. The van der Waals surface area contributed by atoms with Gasteiger partial charge in [0.05, 0.1) is 44.7 Å². The quantitative estimate of drug-likeness (QED) is 0.0403. The molecule has 0 radical (unpaired) electrons. The fourth-order valence-corrected chi connectivity index (χ4v) is 10.5. The SMILES string of the molecule is CN(C)c1cc[n+](S(=O)(=O)N=C([O-])OC(C)(C)C)cc1.COCCOc1cc2c(N3CCC(C(C)CN)CC3)ccnc2cc1OC.COCCOc1cc2c(N3CCC(C(C)CNS(C)(=O)=O)CC3)ccnc2cc1OC. The number of aromatic nitrogens is 3. The lowest BCUT2D eigenvalue weighted by Gasteiger charge is -2.36. The van der Waals surface area contributed by atoms with Crippen molar-refractivity contribution in [3.63, 3.8) is 0 Å². The lowest BCUT2D eigenvalue weighted by molar-refractivity contribution is -0.511. The van der Waals surface area contributed by atoms with Crippen LogP contribution in [0.15, 0.2) is 77.7 Å². The molecule has 2 atom stereocenters. The average molecular weight is 1130 g/mol. The van der Waals surface area contributed by atoms with Crippen LogP contribution < -0.4 is 53.2 Å². The van der Waals surface area contributed by atoms with Crippen molar-refractivity contribution >= 4 is 65.2 Å². The van der Waals surface area contributed by atoms with Gasteiger partial charge in [-0.25, -0.2) is 13.1 Å². The molecule has 7 rings (SSSR count). The molecule has 432 valence electrons. The molecular weight excluding hydrogens is 1040 g/mol. The standard InChI is InChI=1S/C22H33N3O5S.C21H31N3O3.C12H19N3O4S/c1-16(15-24-31(4,26)27)17-6-9-25(10-7-17)20-5-8-23-19-14-21(29-3)22(13-18(19)20)30-12-11-28-2;1-15(14-22)16-5-8-24(9-6-16)19-4-7-23-18-13-20(26-3)21(12-17(18)19)27-11-10-25-2;1-12(2,3)19-11(16)13-20(17,18)15-8-6-10(7-9-15)14(4)5/h5,8,13-14,16-17,24H,6-7,9-12,15H2,1-4H3;4,7,12-13,15-16H,5-6,8-11,14,22H2,1-3H3;6-9H,1-5H3. The predicted octanol–water partition coefficient (Wildman–Crippen LogP) is 5.41. The summed E-state index contributed by atoms with van der Waals surface area (Å²) in [6.07, 6.45) is 10.8. The number of pyridine rings is 3. The number of piperidine rings is 2. The molecule has 23 heteroatoms. The third kappa shape index (κ3) is 18.6. The van der Waals surface area contributed by atoms with Crippen molar-refractivity contribution in [2.75, 3.05) is 129 Å². The minimum Gasteiger partial charge on any atom is -0.594 e. The summed E-state index contributed by atoms with van der Waals surface area (Å²) in [7, 11) is 2.97. The lowest BCUT2D eigenvalue weighted by atomic mass is 9.85. The van der Waals surface area contributed by atoms with Crippen molar-refractivity contribution in [1.29, 1.82) is 0 Å². The molecule has 2 aliphatic heterocycles. The number of benzene rings is 2. The van der Waals surface area contributed by atoms with E-state index < -0.39 is 31.9 Å². The van der Waals surface area contributed by atoms with Crippen molar-refractivity contribution in [3.05, 3.63) is 73.3 Å². The Bertz CT molecular complexity index is 2930. The second-order valence-corrected chi connectivity index (χ2v) is 24.0. The molecule has 0 aliphatic carbocycles. The molecule has 2 aromatic carbocycles. The van der Waals surface area contributed by atoms with E-state index in [1.165, 1.54) is 37.2 Å². The van der Waals surface area contributed by atoms with E-state index in [1.807, 2.05) is 61.7 Å². The van der Waals surface area contributed by atoms with Crippen molar-refractivity contribution in [1.82, 2.24) is 14.7 Å². The zero-order valence-electron chi connectivity index (χ0n) is 47.6. The van der Waals surface area contributed by atoms with E-state index in [1.54, 1.807) is 61.3 Å². The normalized spacial score (nSPS) is 15.6. The van der Waals surface area contributed by atoms with Crippen molar-refractivity contribution in [2.45, 2.75) is 65.9 Å². The van der Waals surface area contributed by atoms with Gasteiger partial charge in [0, 0.05) is 131 Å². The van der Waals surface area contributed by atoms with Crippen LogP contribution in [0.4, 0.5) is 17.1 Å². The number of nitrogens with zero attached hydrogens (tertiary/aromatic N) is 7. The van der Waals surface area contributed by atoms with Gasteiger partial charge < -0.3 is 58.7 Å². The summed E-state index contributed by atoms with van der Waals surface area (Å²) in [5, 5.41) is 13.6. The number of nitrogens with two attached hydrogens (primary N) is 1. The van der Waals surface area contributed by atoms with Crippen LogP contribution in [0.5, 0.6) is 23.0 Å². The molecule has 0 amide bonds. The number of rotatable bonds is 21. The molecule has 21 nitrogen and oxygen atoms in total. The number of hydrogen-bond acceptors (Lipinski definition) is 18. The van der Waals surface area contributed by atoms with Crippen LogP contribution in [0.2, 0.25) is 0 Å². The third-order valence-electron chi connectivity index (χ3n) is 13.7. The van der Waals surface area contributed by atoms with E-state index in [0.29, 0.717) is 73.9 Å². The molecule has 3 aromatic heterocycles. The maximum absolute atomic E-state index is 11.9.